The molecular weight excluding hydrogens is 301 g/mol. The number of hydrogen-bond donors (Lipinski definition) is 1. The molecule has 1 saturated heterocycles. The molecule has 0 saturated carbocycles. The van der Waals surface area contributed by atoms with Gasteiger partial charge in [0.25, 0.3) is 5.91 Å². The minimum absolute atomic E-state index is 0.0945. The van der Waals surface area contributed by atoms with Crippen LogP contribution < -0.4 is 5.32 Å². The van der Waals surface area contributed by atoms with Gasteiger partial charge in [-0.1, -0.05) is 0 Å². The van der Waals surface area contributed by atoms with Crippen LogP contribution in [0.25, 0.3) is 0 Å². The van der Waals surface area contributed by atoms with Gasteiger partial charge in [-0.25, -0.2) is 9.37 Å². The van der Waals surface area contributed by atoms with E-state index in [-0.39, 0.29) is 18.5 Å². The standard InChI is InChI=1S/C12H15BrFN3O/c1-15-6-10-4-9(14)7-17(10)12(18)11-3-2-8(13)5-16-11/h2-3,5,9-10,15H,4,6-7H2,1H3/t9-,10-/m0/s1. The highest BCUT2D eigenvalue weighted by Crippen LogP contribution is 2.22. The molecule has 1 N–H and O–H groups in total. The summed E-state index contributed by atoms with van der Waals surface area (Å²) in [4.78, 5) is 17.9. The lowest BCUT2D eigenvalue weighted by Gasteiger charge is -2.23. The molecule has 98 valence electrons. The van der Waals surface area contributed by atoms with E-state index in [1.54, 1.807) is 30.3 Å². The Kier molecular flexibility index (Phi) is 4.29. The summed E-state index contributed by atoms with van der Waals surface area (Å²) in [5, 5.41) is 2.99. The minimum atomic E-state index is -0.942. The fourth-order valence-electron chi connectivity index (χ4n) is 2.19. The van der Waals surface area contributed by atoms with E-state index >= 15 is 0 Å². The molecule has 18 heavy (non-hydrogen) atoms. The van der Waals surface area contributed by atoms with E-state index in [1.165, 1.54) is 0 Å². The lowest BCUT2D eigenvalue weighted by Crippen LogP contribution is -2.41. The van der Waals surface area contributed by atoms with Gasteiger partial charge in [-0.05, 0) is 35.1 Å². The second-order valence-corrected chi connectivity index (χ2v) is 5.28. The number of amides is 1. The average molecular weight is 316 g/mol. The Morgan fingerprint density at radius 1 is 1.67 bits per heavy atom. The van der Waals surface area contributed by atoms with Crippen LogP contribution in [-0.4, -0.2) is 48.1 Å². The van der Waals surface area contributed by atoms with Crippen molar-refractivity contribution in [3.63, 3.8) is 0 Å². The summed E-state index contributed by atoms with van der Waals surface area (Å²) in [6.45, 7) is 0.756. The molecule has 2 atom stereocenters. The number of hydrogen-bond acceptors (Lipinski definition) is 3. The molecule has 1 aromatic heterocycles. The monoisotopic (exact) mass is 315 g/mol. The predicted molar refractivity (Wildman–Crippen MR) is 70.2 cm³/mol. The van der Waals surface area contributed by atoms with E-state index in [4.69, 9.17) is 0 Å². The second kappa shape index (κ2) is 5.75. The maximum atomic E-state index is 13.4. The zero-order valence-electron chi connectivity index (χ0n) is 10.1. The zero-order valence-corrected chi connectivity index (χ0v) is 11.7. The summed E-state index contributed by atoms with van der Waals surface area (Å²) in [6, 6.07) is 3.31. The Balaban J connectivity index is 2.14. The SMILES string of the molecule is CNC[C@@H]1C[C@H](F)CN1C(=O)c1ccc(Br)cn1. The number of halogens is 2. The molecule has 1 fully saturated rings. The normalized spacial score (nSPS) is 23.4. The van der Waals surface area contributed by atoms with Crippen LogP contribution in [0, 0.1) is 0 Å². The molecule has 1 aliphatic heterocycles. The van der Waals surface area contributed by atoms with Crippen LogP contribution in [0.4, 0.5) is 4.39 Å². The van der Waals surface area contributed by atoms with Crippen molar-refractivity contribution in [2.75, 3.05) is 20.1 Å². The lowest BCUT2D eigenvalue weighted by molar-refractivity contribution is 0.0724. The fourth-order valence-corrected chi connectivity index (χ4v) is 2.42. The Labute approximate surface area is 114 Å². The van der Waals surface area contributed by atoms with Crippen molar-refractivity contribution < 1.29 is 9.18 Å². The van der Waals surface area contributed by atoms with E-state index < -0.39 is 6.17 Å². The van der Waals surface area contributed by atoms with Crippen molar-refractivity contribution in [2.45, 2.75) is 18.6 Å². The Morgan fingerprint density at radius 2 is 2.44 bits per heavy atom. The molecule has 0 bridgehead atoms. The van der Waals surface area contributed by atoms with E-state index in [2.05, 4.69) is 26.2 Å². The van der Waals surface area contributed by atoms with Crippen LogP contribution in [0.15, 0.2) is 22.8 Å². The number of likely N-dealkylation sites (N-methyl/N-ethyl adjacent to an activating group) is 1. The van der Waals surface area contributed by atoms with E-state index in [9.17, 15) is 9.18 Å². The van der Waals surface area contributed by atoms with Crippen molar-refractivity contribution in [1.29, 1.82) is 0 Å². The molecule has 2 heterocycles. The van der Waals surface area contributed by atoms with Gasteiger partial charge < -0.3 is 10.2 Å². The first-order valence-electron chi connectivity index (χ1n) is 5.83. The summed E-state index contributed by atoms with van der Waals surface area (Å²) in [5.74, 6) is -0.206. The molecule has 1 aliphatic rings. The quantitative estimate of drug-likeness (QED) is 0.922. The number of aromatic nitrogens is 1. The number of rotatable bonds is 3. The van der Waals surface area contributed by atoms with Crippen LogP contribution in [0.2, 0.25) is 0 Å². The first kappa shape index (κ1) is 13.4. The molecule has 4 nitrogen and oxygen atoms in total. The number of carbonyl (C=O) groups excluding carboxylic acids is 1. The Bertz CT molecular complexity index is 426. The second-order valence-electron chi connectivity index (χ2n) is 4.36. The van der Waals surface area contributed by atoms with E-state index in [0.29, 0.717) is 18.7 Å². The van der Waals surface area contributed by atoms with Gasteiger partial charge in [-0.2, -0.15) is 0 Å². The van der Waals surface area contributed by atoms with Gasteiger partial charge in [0.05, 0.1) is 6.54 Å². The van der Waals surface area contributed by atoms with Crippen molar-refractivity contribution in [3.8, 4) is 0 Å². The first-order chi connectivity index (χ1) is 8.61. The zero-order chi connectivity index (χ0) is 13.1. The molecule has 0 unspecified atom stereocenters. The van der Waals surface area contributed by atoms with Gasteiger partial charge >= 0.3 is 0 Å². The molecular formula is C12H15BrFN3O. The van der Waals surface area contributed by atoms with Gasteiger partial charge in [0.15, 0.2) is 0 Å². The molecule has 0 aromatic carbocycles. The smallest absolute Gasteiger partial charge is 0.272 e. The lowest BCUT2D eigenvalue weighted by atomic mass is 10.2. The van der Waals surface area contributed by atoms with Crippen molar-refractivity contribution >= 4 is 21.8 Å². The third-order valence-electron chi connectivity index (χ3n) is 3.01. The molecule has 0 aliphatic carbocycles. The molecule has 6 heteroatoms. The van der Waals surface area contributed by atoms with Crippen molar-refractivity contribution in [1.82, 2.24) is 15.2 Å². The highest BCUT2D eigenvalue weighted by atomic mass is 79.9. The summed E-state index contributed by atoms with van der Waals surface area (Å²) in [6.07, 6.45) is 1.02. The summed E-state index contributed by atoms with van der Waals surface area (Å²) >= 11 is 3.27. The molecule has 2 rings (SSSR count). The molecule has 1 amide bonds. The van der Waals surface area contributed by atoms with Gasteiger partial charge in [0, 0.05) is 29.7 Å². The van der Waals surface area contributed by atoms with Gasteiger partial charge in [-0.15, -0.1) is 0 Å². The maximum Gasteiger partial charge on any atom is 0.272 e. The van der Waals surface area contributed by atoms with Crippen LogP contribution >= 0.6 is 15.9 Å². The van der Waals surface area contributed by atoms with E-state index in [1.807, 2.05) is 0 Å². The number of pyridine rings is 1. The maximum absolute atomic E-state index is 13.4. The number of nitrogens with zero attached hydrogens (tertiary/aromatic N) is 2. The third kappa shape index (κ3) is 2.87. The summed E-state index contributed by atoms with van der Waals surface area (Å²) < 4.78 is 14.3. The number of alkyl halides is 1. The van der Waals surface area contributed by atoms with Gasteiger partial charge in [0.1, 0.15) is 11.9 Å². The first-order valence-corrected chi connectivity index (χ1v) is 6.62. The number of likely N-dealkylation sites (tertiary alicyclic amines) is 1. The van der Waals surface area contributed by atoms with Crippen LogP contribution in [-0.2, 0) is 0 Å². The molecule has 0 spiro atoms. The number of nitrogens with one attached hydrogen (secondary N) is 1. The molecule has 1 aromatic rings. The highest BCUT2D eigenvalue weighted by molar-refractivity contribution is 9.10. The van der Waals surface area contributed by atoms with Crippen LogP contribution in [0.3, 0.4) is 0 Å². The Morgan fingerprint density at radius 3 is 3.06 bits per heavy atom. The Hall–Kier alpha value is -1.01. The summed E-state index contributed by atoms with van der Waals surface area (Å²) in [5.41, 5.74) is 0.355. The molecule has 0 radical (unpaired) electrons. The van der Waals surface area contributed by atoms with E-state index in [0.717, 1.165) is 4.47 Å². The summed E-state index contributed by atoms with van der Waals surface area (Å²) in [7, 11) is 1.80. The average Bonchev–Trinajstić information content (AvgIpc) is 2.71. The van der Waals surface area contributed by atoms with Crippen molar-refractivity contribution in [3.05, 3.63) is 28.5 Å². The predicted octanol–water partition coefficient (Wildman–Crippen LogP) is 1.62. The van der Waals surface area contributed by atoms with Gasteiger partial charge in [0.2, 0.25) is 0 Å². The minimum Gasteiger partial charge on any atom is -0.330 e. The van der Waals surface area contributed by atoms with Crippen LogP contribution in [0.1, 0.15) is 16.9 Å². The largest absolute Gasteiger partial charge is 0.330 e. The fraction of sp³-hybridized carbons (Fsp3) is 0.500. The highest BCUT2D eigenvalue weighted by Gasteiger charge is 2.35. The van der Waals surface area contributed by atoms with Crippen LogP contribution in [0.5, 0.6) is 0 Å². The third-order valence-corrected chi connectivity index (χ3v) is 3.48. The van der Waals surface area contributed by atoms with Gasteiger partial charge in [-0.3, -0.25) is 4.79 Å². The topological polar surface area (TPSA) is 45.2 Å². The van der Waals surface area contributed by atoms with Crippen molar-refractivity contribution in [2.24, 2.45) is 0 Å². The number of carbonyl (C=O) groups is 1.